The molecular formula is C31H48O3. The van der Waals surface area contributed by atoms with E-state index in [1.807, 2.05) is 12.1 Å². The zero-order valence-corrected chi connectivity index (χ0v) is 21.3. The summed E-state index contributed by atoms with van der Waals surface area (Å²) in [6.45, 7) is 3.16. The molecule has 0 fully saturated rings. The number of aliphatic hydroxyl groups is 1. The Balaban J connectivity index is 1.25. The molecule has 0 saturated carbocycles. The fourth-order valence-electron chi connectivity index (χ4n) is 4.26. The summed E-state index contributed by atoms with van der Waals surface area (Å²) in [5.74, 6) is 0. The van der Waals surface area contributed by atoms with E-state index in [1.54, 1.807) is 0 Å². The van der Waals surface area contributed by atoms with Gasteiger partial charge in [-0.1, -0.05) is 125 Å². The van der Waals surface area contributed by atoms with E-state index in [0.717, 1.165) is 65.0 Å². The summed E-state index contributed by atoms with van der Waals surface area (Å²) in [5, 5.41) is 10.2. The molecule has 3 heteroatoms. The predicted molar refractivity (Wildman–Crippen MR) is 143 cm³/mol. The van der Waals surface area contributed by atoms with Crippen LogP contribution in [0, 0.1) is 0 Å². The highest BCUT2D eigenvalue weighted by Crippen LogP contribution is 2.14. The summed E-state index contributed by atoms with van der Waals surface area (Å²) >= 11 is 0. The summed E-state index contributed by atoms with van der Waals surface area (Å²) in [5.41, 5.74) is 2.50. The van der Waals surface area contributed by atoms with E-state index in [2.05, 4.69) is 48.5 Å². The minimum Gasteiger partial charge on any atom is -0.393 e. The van der Waals surface area contributed by atoms with Crippen LogP contribution in [0.4, 0.5) is 0 Å². The second kappa shape index (κ2) is 20.7. The van der Waals surface area contributed by atoms with E-state index < -0.39 is 0 Å². The third-order valence-electron chi connectivity index (χ3n) is 6.38. The van der Waals surface area contributed by atoms with Crippen molar-refractivity contribution in [1.29, 1.82) is 0 Å². The third kappa shape index (κ3) is 16.0. The Kier molecular flexibility index (Phi) is 17.4. The quantitative estimate of drug-likeness (QED) is 0.177. The van der Waals surface area contributed by atoms with Crippen molar-refractivity contribution in [2.45, 2.75) is 109 Å². The highest BCUT2D eigenvalue weighted by atomic mass is 16.5. The molecule has 0 aliphatic rings. The monoisotopic (exact) mass is 468 g/mol. The number of unbranched alkanes of at least 4 members (excludes halogenated alkanes) is 10. The molecule has 0 radical (unpaired) electrons. The molecule has 34 heavy (non-hydrogen) atoms. The SMILES string of the molecule is OC(CCCCCCCCOCc1ccccc1)CCCCCCCCOCc1ccccc1. The second-order valence-corrected chi connectivity index (χ2v) is 9.55. The average molecular weight is 469 g/mol. The summed E-state index contributed by atoms with van der Waals surface area (Å²) in [6, 6.07) is 20.8. The number of hydrogen-bond donors (Lipinski definition) is 1. The first-order valence-electron chi connectivity index (χ1n) is 13.8. The Labute approximate surface area is 208 Å². The molecule has 0 aromatic heterocycles. The van der Waals surface area contributed by atoms with Crippen LogP contribution in [-0.2, 0) is 22.7 Å². The topological polar surface area (TPSA) is 38.7 Å². The van der Waals surface area contributed by atoms with Crippen LogP contribution in [0.5, 0.6) is 0 Å². The summed E-state index contributed by atoms with van der Waals surface area (Å²) < 4.78 is 11.5. The molecule has 0 atom stereocenters. The lowest BCUT2D eigenvalue weighted by Crippen LogP contribution is -2.06. The second-order valence-electron chi connectivity index (χ2n) is 9.55. The molecule has 0 aliphatic carbocycles. The van der Waals surface area contributed by atoms with Crippen molar-refractivity contribution >= 4 is 0 Å². The van der Waals surface area contributed by atoms with E-state index in [0.29, 0.717) is 0 Å². The van der Waals surface area contributed by atoms with Gasteiger partial charge in [-0.25, -0.2) is 0 Å². The Morgan fingerprint density at radius 2 is 0.824 bits per heavy atom. The first-order chi connectivity index (χ1) is 16.8. The molecule has 0 amide bonds. The zero-order valence-electron chi connectivity index (χ0n) is 21.3. The Morgan fingerprint density at radius 1 is 0.471 bits per heavy atom. The maximum absolute atomic E-state index is 10.2. The van der Waals surface area contributed by atoms with Crippen molar-refractivity contribution in [2.75, 3.05) is 13.2 Å². The lowest BCUT2D eigenvalue weighted by Gasteiger charge is -2.10. The lowest BCUT2D eigenvalue weighted by atomic mass is 10.0. The lowest BCUT2D eigenvalue weighted by molar-refractivity contribution is 0.116. The van der Waals surface area contributed by atoms with Crippen LogP contribution in [0.2, 0.25) is 0 Å². The molecule has 0 unspecified atom stereocenters. The maximum Gasteiger partial charge on any atom is 0.0716 e. The van der Waals surface area contributed by atoms with Gasteiger partial charge in [0.05, 0.1) is 19.3 Å². The van der Waals surface area contributed by atoms with Gasteiger partial charge in [0.2, 0.25) is 0 Å². The highest BCUT2D eigenvalue weighted by molar-refractivity contribution is 5.14. The van der Waals surface area contributed by atoms with Gasteiger partial charge < -0.3 is 14.6 Å². The standard InChI is InChI=1S/C31H48O3/c32-31(23-15-5-1-3-7-17-25-33-27-29-19-11-9-12-20-29)24-16-6-2-4-8-18-26-34-28-30-21-13-10-14-22-30/h9-14,19-22,31-32H,1-8,15-18,23-28H2. The van der Waals surface area contributed by atoms with Crippen molar-refractivity contribution in [3.8, 4) is 0 Å². The molecular weight excluding hydrogens is 420 g/mol. The van der Waals surface area contributed by atoms with Crippen molar-refractivity contribution in [3.63, 3.8) is 0 Å². The van der Waals surface area contributed by atoms with E-state index >= 15 is 0 Å². The summed E-state index contributed by atoms with van der Waals surface area (Å²) in [6.07, 6.45) is 16.6. The van der Waals surface area contributed by atoms with E-state index in [9.17, 15) is 5.11 Å². The molecule has 1 N–H and O–H groups in total. The van der Waals surface area contributed by atoms with Crippen LogP contribution < -0.4 is 0 Å². The van der Waals surface area contributed by atoms with Gasteiger partial charge in [0, 0.05) is 13.2 Å². The molecule has 2 rings (SSSR count). The summed E-state index contributed by atoms with van der Waals surface area (Å²) in [7, 11) is 0. The van der Waals surface area contributed by atoms with Crippen LogP contribution >= 0.6 is 0 Å². The number of ether oxygens (including phenoxy) is 2. The maximum atomic E-state index is 10.2. The zero-order chi connectivity index (χ0) is 23.9. The third-order valence-corrected chi connectivity index (χ3v) is 6.38. The van der Waals surface area contributed by atoms with E-state index in [1.165, 1.54) is 62.5 Å². The predicted octanol–water partition coefficient (Wildman–Crippen LogP) is 8.24. The van der Waals surface area contributed by atoms with Gasteiger partial charge in [-0.3, -0.25) is 0 Å². The van der Waals surface area contributed by atoms with Gasteiger partial charge in [0.1, 0.15) is 0 Å². The van der Waals surface area contributed by atoms with Gasteiger partial charge in [-0.2, -0.15) is 0 Å². The number of rotatable bonds is 22. The fraction of sp³-hybridized carbons (Fsp3) is 0.613. The molecule has 2 aromatic rings. The van der Waals surface area contributed by atoms with Crippen molar-refractivity contribution < 1.29 is 14.6 Å². The normalized spacial score (nSPS) is 11.4. The van der Waals surface area contributed by atoms with Crippen LogP contribution in [0.3, 0.4) is 0 Å². The van der Waals surface area contributed by atoms with Crippen LogP contribution in [-0.4, -0.2) is 24.4 Å². The number of benzene rings is 2. The minimum absolute atomic E-state index is 0.0993. The van der Waals surface area contributed by atoms with Crippen LogP contribution in [0.15, 0.2) is 60.7 Å². The smallest absolute Gasteiger partial charge is 0.0716 e. The fourth-order valence-corrected chi connectivity index (χ4v) is 4.26. The molecule has 0 aliphatic heterocycles. The first kappa shape index (κ1) is 28.6. The van der Waals surface area contributed by atoms with E-state index in [-0.39, 0.29) is 6.10 Å². The van der Waals surface area contributed by atoms with Gasteiger partial charge in [0.25, 0.3) is 0 Å². The molecule has 0 saturated heterocycles. The van der Waals surface area contributed by atoms with Crippen molar-refractivity contribution in [1.82, 2.24) is 0 Å². The first-order valence-corrected chi connectivity index (χ1v) is 13.8. The molecule has 0 spiro atoms. The molecule has 0 bridgehead atoms. The highest BCUT2D eigenvalue weighted by Gasteiger charge is 2.04. The molecule has 0 heterocycles. The number of aliphatic hydroxyl groups excluding tert-OH is 1. The Morgan fingerprint density at radius 3 is 1.24 bits per heavy atom. The van der Waals surface area contributed by atoms with Gasteiger partial charge >= 0.3 is 0 Å². The van der Waals surface area contributed by atoms with E-state index in [4.69, 9.17) is 9.47 Å². The summed E-state index contributed by atoms with van der Waals surface area (Å²) in [4.78, 5) is 0. The van der Waals surface area contributed by atoms with Gasteiger partial charge in [0.15, 0.2) is 0 Å². The average Bonchev–Trinajstić information content (AvgIpc) is 2.87. The molecule has 190 valence electrons. The molecule has 3 nitrogen and oxygen atoms in total. The molecule has 2 aromatic carbocycles. The largest absolute Gasteiger partial charge is 0.393 e. The number of hydrogen-bond acceptors (Lipinski definition) is 3. The van der Waals surface area contributed by atoms with Crippen molar-refractivity contribution in [2.24, 2.45) is 0 Å². The van der Waals surface area contributed by atoms with Gasteiger partial charge in [-0.05, 0) is 36.8 Å². The van der Waals surface area contributed by atoms with Crippen LogP contribution in [0.25, 0.3) is 0 Å². The Bertz CT molecular complexity index is 614. The minimum atomic E-state index is -0.0993. The van der Waals surface area contributed by atoms with Crippen molar-refractivity contribution in [3.05, 3.63) is 71.8 Å². The van der Waals surface area contributed by atoms with Crippen LogP contribution in [0.1, 0.15) is 101 Å². The Hall–Kier alpha value is -1.68. The van der Waals surface area contributed by atoms with Gasteiger partial charge in [-0.15, -0.1) is 0 Å².